The summed E-state index contributed by atoms with van der Waals surface area (Å²) < 4.78 is 0. The Morgan fingerprint density at radius 3 is 2.62 bits per heavy atom. The van der Waals surface area contributed by atoms with E-state index in [4.69, 9.17) is 0 Å². The van der Waals surface area contributed by atoms with Gasteiger partial charge < -0.3 is 20.5 Å². The molecule has 1 aliphatic heterocycles. The predicted molar refractivity (Wildman–Crippen MR) is 149 cm³/mol. The fourth-order valence-electron chi connectivity index (χ4n) is 7.01. The van der Waals surface area contributed by atoms with E-state index >= 15 is 0 Å². The smallest absolute Gasteiger partial charge is 0.235 e. The Bertz CT molecular complexity index is 1430. The van der Waals surface area contributed by atoms with Crippen LogP contribution in [-0.4, -0.2) is 50.9 Å². The first-order valence-corrected chi connectivity index (χ1v) is 13.6. The summed E-state index contributed by atoms with van der Waals surface area (Å²) in [6.07, 6.45) is 8.17. The first kappa shape index (κ1) is 27.0. The summed E-state index contributed by atoms with van der Waals surface area (Å²) in [5.41, 5.74) is 1.46. The third-order valence-electron chi connectivity index (χ3n) is 9.04. The first-order chi connectivity index (χ1) is 18.6. The van der Waals surface area contributed by atoms with E-state index in [2.05, 4.69) is 16.9 Å². The molecule has 0 radical (unpaired) electrons. The number of hydrogen-bond donors (Lipinski definition) is 4. The largest absolute Gasteiger partial charge is 0.388 e. The summed E-state index contributed by atoms with van der Waals surface area (Å²) in [4.78, 5) is 44.2. The lowest BCUT2D eigenvalue weighted by Crippen LogP contribution is -2.58. The summed E-state index contributed by atoms with van der Waals surface area (Å²) in [7, 11) is 0. The normalized spacial score (nSPS) is 38.5. The highest BCUT2D eigenvalue weighted by atomic mass is 16.3. The molecule has 7 nitrogen and oxygen atoms in total. The number of aliphatic hydroxyl groups is 2. The van der Waals surface area contributed by atoms with Crippen molar-refractivity contribution in [2.24, 2.45) is 29.1 Å². The number of aromatic amines is 1. The zero-order valence-corrected chi connectivity index (χ0v) is 22.6. The molecule has 1 spiro atoms. The van der Waals surface area contributed by atoms with Crippen molar-refractivity contribution in [1.29, 1.82) is 0 Å². The van der Waals surface area contributed by atoms with Crippen molar-refractivity contribution in [3.05, 3.63) is 84.1 Å². The molecule has 8 atom stereocenters. The molecule has 1 saturated heterocycles. The van der Waals surface area contributed by atoms with Gasteiger partial charge in [-0.25, -0.2) is 0 Å². The first-order valence-electron chi connectivity index (χ1n) is 13.6. The van der Waals surface area contributed by atoms with Crippen molar-refractivity contribution in [2.75, 3.05) is 0 Å². The number of carbonyl (C=O) groups excluding carboxylic acids is 3. The van der Waals surface area contributed by atoms with Gasteiger partial charge in [0, 0.05) is 35.0 Å². The van der Waals surface area contributed by atoms with Crippen molar-refractivity contribution < 1.29 is 24.6 Å². The fourth-order valence-corrected chi connectivity index (χ4v) is 7.01. The van der Waals surface area contributed by atoms with Crippen LogP contribution in [0.2, 0.25) is 0 Å². The highest BCUT2D eigenvalue weighted by Crippen LogP contribution is 2.56. The van der Waals surface area contributed by atoms with Gasteiger partial charge in [-0.05, 0) is 66.5 Å². The molecular weight excluding hydrogens is 492 g/mol. The van der Waals surface area contributed by atoms with Crippen LogP contribution in [0.5, 0.6) is 0 Å². The zero-order chi connectivity index (χ0) is 28.1. The van der Waals surface area contributed by atoms with Crippen molar-refractivity contribution in [2.45, 2.75) is 51.9 Å². The number of hydrogen-bond acceptors (Lipinski definition) is 5. The Labute approximate surface area is 228 Å². The SMILES string of the molecule is C=C1[C@@H](C)C2[C@H](Cc3c[nH]c4ccccc34)NC(=O)[C@]23C(=O)/C=C/C(=O)[C@H](O)/C(C)=C/[C@@H](C)C/C=C/[C@H]3[C@@H]1O. The summed E-state index contributed by atoms with van der Waals surface area (Å²) in [5.74, 6) is -3.34. The molecule has 1 saturated carbocycles. The Morgan fingerprint density at radius 2 is 1.85 bits per heavy atom. The number of H-pyrrole nitrogens is 1. The minimum atomic E-state index is -1.63. The third kappa shape index (κ3) is 4.34. The molecule has 1 unspecified atom stereocenters. The van der Waals surface area contributed by atoms with Gasteiger partial charge in [0.05, 0.1) is 6.10 Å². The Hall–Kier alpha value is -3.55. The van der Waals surface area contributed by atoms with Crippen LogP contribution in [0, 0.1) is 29.1 Å². The van der Waals surface area contributed by atoms with Crippen LogP contribution in [0.3, 0.4) is 0 Å². The van der Waals surface area contributed by atoms with Crippen molar-refractivity contribution >= 4 is 28.4 Å². The molecular formula is C32H36N2O5. The third-order valence-corrected chi connectivity index (χ3v) is 9.04. The number of aromatic nitrogens is 1. The topological polar surface area (TPSA) is 119 Å². The van der Waals surface area contributed by atoms with Crippen LogP contribution in [0.1, 0.15) is 32.8 Å². The summed E-state index contributed by atoms with van der Waals surface area (Å²) in [5, 5.41) is 26.1. The Morgan fingerprint density at radius 1 is 1.10 bits per heavy atom. The number of allylic oxidation sites excluding steroid dienone is 3. The van der Waals surface area contributed by atoms with Crippen LogP contribution in [-0.2, 0) is 20.8 Å². The van der Waals surface area contributed by atoms with Crippen LogP contribution < -0.4 is 5.32 Å². The minimum Gasteiger partial charge on any atom is -0.388 e. The summed E-state index contributed by atoms with van der Waals surface area (Å²) >= 11 is 0. The van der Waals surface area contributed by atoms with Crippen molar-refractivity contribution in [3.63, 3.8) is 0 Å². The van der Waals surface area contributed by atoms with Gasteiger partial charge in [-0.1, -0.05) is 56.9 Å². The van der Waals surface area contributed by atoms with Gasteiger partial charge in [0.2, 0.25) is 5.91 Å². The molecule has 2 aromatic rings. The molecule has 2 fully saturated rings. The molecule has 39 heavy (non-hydrogen) atoms. The molecule has 3 aliphatic rings. The molecule has 1 aromatic carbocycles. The van der Waals surface area contributed by atoms with E-state index in [0.717, 1.165) is 28.6 Å². The lowest BCUT2D eigenvalue weighted by atomic mass is 9.52. The fraction of sp³-hybridized carbons (Fsp3) is 0.406. The zero-order valence-electron chi connectivity index (χ0n) is 22.6. The molecule has 2 aliphatic carbocycles. The Kier molecular flexibility index (Phi) is 7.08. The summed E-state index contributed by atoms with van der Waals surface area (Å²) in [6.45, 7) is 9.74. The number of nitrogens with one attached hydrogen (secondary N) is 2. The van der Waals surface area contributed by atoms with Crippen LogP contribution in [0.4, 0.5) is 0 Å². The van der Waals surface area contributed by atoms with E-state index in [-0.39, 0.29) is 11.8 Å². The maximum absolute atomic E-state index is 14.1. The predicted octanol–water partition coefficient (Wildman–Crippen LogP) is 3.59. The van der Waals surface area contributed by atoms with Gasteiger partial charge in [-0.15, -0.1) is 0 Å². The number of benzene rings is 1. The second-order valence-electron chi connectivity index (χ2n) is 11.4. The van der Waals surface area contributed by atoms with E-state index in [1.165, 1.54) is 0 Å². The molecule has 5 rings (SSSR count). The Balaban J connectivity index is 1.63. The van der Waals surface area contributed by atoms with Crippen molar-refractivity contribution in [3.8, 4) is 0 Å². The lowest BCUT2D eigenvalue weighted by molar-refractivity contribution is -0.148. The molecule has 1 aromatic heterocycles. The van der Waals surface area contributed by atoms with Gasteiger partial charge >= 0.3 is 0 Å². The number of carbonyl (C=O) groups is 3. The highest BCUT2D eigenvalue weighted by Gasteiger charge is 2.68. The monoisotopic (exact) mass is 528 g/mol. The van der Waals surface area contributed by atoms with E-state index in [1.54, 1.807) is 13.0 Å². The molecule has 1 amide bonds. The standard InChI is InChI=1S/C32H36N2O5/c1-17-8-7-10-23-30(38)20(4)19(3)28-25(15-21-16-33-24-11-6-5-9-22(21)24)34-31(39)32(23,28)27(36)13-12-26(35)29(37)18(2)14-17/h5-7,9-14,16-17,19,23,25,28-30,33,37-38H,4,8,15H2,1-3H3,(H,34,39)/b10-7+,13-12+,18-14+/t17-,19+,23-,25-,28?,29+,30+,32+/m0/s1. The quantitative estimate of drug-likeness (QED) is 0.351. The van der Waals surface area contributed by atoms with Gasteiger partial charge in [0.1, 0.15) is 11.5 Å². The van der Waals surface area contributed by atoms with E-state index < -0.39 is 53.0 Å². The molecule has 4 N–H and O–H groups in total. The number of para-hydroxylation sites is 1. The number of ketones is 2. The molecule has 204 valence electrons. The lowest BCUT2D eigenvalue weighted by Gasteiger charge is -2.48. The van der Waals surface area contributed by atoms with Gasteiger partial charge in [0.15, 0.2) is 11.6 Å². The van der Waals surface area contributed by atoms with E-state index in [0.29, 0.717) is 24.0 Å². The van der Waals surface area contributed by atoms with E-state index in [9.17, 15) is 24.6 Å². The van der Waals surface area contributed by atoms with Crippen LogP contribution in [0.15, 0.2) is 78.6 Å². The maximum Gasteiger partial charge on any atom is 0.235 e. The number of amides is 1. The van der Waals surface area contributed by atoms with Crippen molar-refractivity contribution in [1.82, 2.24) is 10.3 Å². The maximum atomic E-state index is 14.1. The average molecular weight is 529 g/mol. The van der Waals surface area contributed by atoms with Crippen LogP contribution >= 0.6 is 0 Å². The van der Waals surface area contributed by atoms with Gasteiger partial charge in [-0.3, -0.25) is 14.4 Å². The highest BCUT2D eigenvalue weighted by molar-refractivity contribution is 6.15. The second-order valence-corrected chi connectivity index (χ2v) is 11.4. The number of rotatable bonds is 2. The molecule has 0 bridgehead atoms. The van der Waals surface area contributed by atoms with E-state index in [1.807, 2.05) is 56.5 Å². The molecule has 7 heteroatoms. The minimum absolute atomic E-state index is 0.00855. The average Bonchev–Trinajstić information content (AvgIpc) is 3.45. The van der Waals surface area contributed by atoms with Crippen LogP contribution in [0.25, 0.3) is 10.9 Å². The van der Waals surface area contributed by atoms with Gasteiger partial charge in [-0.2, -0.15) is 0 Å². The summed E-state index contributed by atoms with van der Waals surface area (Å²) in [6, 6.07) is 7.53. The number of aliphatic hydroxyl groups excluding tert-OH is 2. The van der Waals surface area contributed by atoms with Gasteiger partial charge in [0.25, 0.3) is 0 Å². The molecule has 2 heterocycles. The number of fused-ring (bicyclic) bond motifs is 1. The second kappa shape index (κ2) is 10.2.